The van der Waals surface area contributed by atoms with Crippen LogP contribution < -0.4 is 4.74 Å². The zero-order chi connectivity index (χ0) is 14.7. The Balaban J connectivity index is 2.30. The quantitative estimate of drug-likeness (QED) is 0.938. The van der Waals surface area contributed by atoms with E-state index in [4.69, 9.17) is 33.0 Å². The van der Waals surface area contributed by atoms with Crippen LogP contribution in [0.3, 0.4) is 0 Å². The zero-order valence-corrected chi connectivity index (χ0v) is 11.9. The highest BCUT2D eigenvalue weighted by molar-refractivity contribution is 6.32. The fraction of sp³-hybridized carbons (Fsp3) is 0.154. The van der Waals surface area contributed by atoms with Gasteiger partial charge in [-0.25, -0.2) is 4.79 Å². The molecule has 5 nitrogen and oxygen atoms in total. The first kappa shape index (κ1) is 14.6. The number of nitrogens with zero attached hydrogens (tertiary/aromatic N) is 2. The molecule has 1 aromatic carbocycles. The average molecular weight is 313 g/mol. The van der Waals surface area contributed by atoms with Crippen molar-refractivity contribution in [2.45, 2.75) is 6.92 Å². The van der Waals surface area contributed by atoms with Crippen LogP contribution in [0.15, 0.2) is 24.3 Å². The number of carboxylic acid groups (broad SMARTS) is 1. The van der Waals surface area contributed by atoms with Crippen molar-refractivity contribution in [2.75, 3.05) is 6.61 Å². The summed E-state index contributed by atoms with van der Waals surface area (Å²) in [5, 5.41) is 17.0. The van der Waals surface area contributed by atoms with Gasteiger partial charge in [-0.15, -0.1) is 10.2 Å². The SMILES string of the molecule is Cc1cc(Cl)nnc1-c1ccc(OCC(=O)O)c(Cl)c1. The third-order valence-corrected chi connectivity index (χ3v) is 2.99. The fourth-order valence-corrected chi connectivity index (χ4v) is 2.08. The lowest BCUT2D eigenvalue weighted by molar-refractivity contribution is -0.139. The minimum atomic E-state index is -1.07. The summed E-state index contributed by atoms with van der Waals surface area (Å²) in [5.74, 6) is -0.762. The highest BCUT2D eigenvalue weighted by Gasteiger charge is 2.10. The zero-order valence-electron chi connectivity index (χ0n) is 10.4. The van der Waals surface area contributed by atoms with E-state index >= 15 is 0 Å². The Morgan fingerprint density at radius 1 is 1.30 bits per heavy atom. The van der Waals surface area contributed by atoms with Crippen LogP contribution in [-0.4, -0.2) is 27.9 Å². The van der Waals surface area contributed by atoms with Crippen LogP contribution in [0.5, 0.6) is 5.75 Å². The molecule has 0 aliphatic rings. The second kappa shape index (κ2) is 6.07. The lowest BCUT2D eigenvalue weighted by atomic mass is 10.1. The Hall–Kier alpha value is -1.85. The van der Waals surface area contributed by atoms with Gasteiger partial charge in [-0.1, -0.05) is 23.2 Å². The Kier molecular flexibility index (Phi) is 4.42. The summed E-state index contributed by atoms with van der Waals surface area (Å²) in [4.78, 5) is 10.5. The van der Waals surface area contributed by atoms with Gasteiger partial charge >= 0.3 is 5.97 Å². The van der Waals surface area contributed by atoms with E-state index in [-0.39, 0.29) is 0 Å². The number of aryl methyl sites for hydroxylation is 1. The highest BCUT2D eigenvalue weighted by atomic mass is 35.5. The summed E-state index contributed by atoms with van der Waals surface area (Å²) in [5.41, 5.74) is 2.26. The maximum atomic E-state index is 10.5. The number of benzene rings is 1. The maximum absolute atomic E-state index is 10.5. The molecule has 0 unspecified atom stereocenters. The fourth-order valence-electron chi connectivity index (χ4n) is 1.64. The van der Waals surface area contributed by atoms with Gasteiger partial charge in [0.15, 0.2) is 11.8 Å². The van der Waals surface area contributed by atoms with Crippen molar-refractivity contribution in [3.05, 3.63) is 40.0 Å². The monoisotopic (exact) mass is 312 g/mol. The smallest absolute Gasteiger partial charge is 0.341 e. The van der Waals surface area contributed by atoms with Gasteiger partial charge in [0.05, 0.1) is 10.7 Å². The predicted octanol–water partition coefficient (Wildman–Crippen LogP) is 3.22. The molecule has 0 atom stereocenters. The van der Waals surface area contributed by atoms with Crippen LogP contribution in [0, 0.1) is 6.92 Å². The van der Waals surface area contributed by atoms with Crippen LogP contribution >= 0.6 is 23.2 Å². The van der Waals surface area contributed by atoms with E-state index in [0.29, 0.717) is 21.6 Å². The number of halogens is 2. The van der Waals surface area contributed by atoms with Crippen molar-refractivity contribution in [2.24, 2.45) is 0 Å². The van der Waals surface area contributed by atoms with E-state index in [0.717, 1.165) is 11.1 Å². The minimum Gasteiger partial charge on any atom is -0.480 e. The van der Waals surface area contributed by atoms with Crippen molar-refractivity contribution in [1.29, 1.82) is 0 Å². The van der Waals surface area contributed by atoms with Gasteiger partial charge in [-0.05, 0) is 36.8 Å². The molecule has 0 saturated carbocycles. The first-order valence-electron chi connectivity index (χ1n) is 5.61. The van der Waals surface area contributed by atoms with Gasteiger partial charge in [-0.2, -0.15) is 0 Å². The van der Waals surface area contributed by atoms with Crippen molar-refractivity contribution < 1.29 is 14.6 Å². The van der Waals surface area contributed by atoms with Gasteiger partial charge in [0.2, 0.25) is 0 Å². The molecule has 2 rings (SSSR count). The largest absolute Gasteiger partial charge is 0.480 e. The first-order valence-corrected chi connectivity index (χ1v) is 6.37. The van der Waals surface area contributed by atoms with E-state index in [1.807, 2.05) is 6.92 Å². The number of aliphatic carboxylic acids is 1. The average Bonchev–Trinajstić information content (AvgIpc) is 2.37. The second-order valence-corrected chi connectivity index (χ2v) is 4.82. The minimum absolute atomic E-state index is 0.303. The molecule has 0 fully saturated rings. The number of carbonyl (C=O) groups is 1. The highest BCUT2D eigenvalue weighted by Crippen LogP contribution is 2.31. The molecule has 0 aliphatic carbocycles. The summed E-state index contributed by atoms with van der Waals surface area (Å²) >= 11 is 11.8. The van der Waals surface area contributed by atoms with Crippen LogP contribution in [-0.2, 0) is 4.79 Å². The third kappa shape index (κ3) is 3.37. The van der Waals surface area contributed by atoms with Gasteiger partial charge in [-0.3, -0.25) is 0 Å². The number of rotatable bonds is 4. The maximum Gasteiger partial charge on any atom is 0.341 e. The molecule has 104 valence electrons. The van der Waals surface area contributed by atoms with Crippen LogP contribution in [0.25, 0.3) is 11.3 Å². The van der Waals surface area contributed by atoms with Crippen molar-refractivity contribution in [3.63, 3.8) is 0 Å². The molecule has 0 bridgehead atoms. The van der Waals surface area contributed by atoms with Crippen LogP contribution in [0.1, 0.15) is 5.56 Å². The molecule has 0 amide bonds. The normalized spacial score (nSPS) is 10.3. The molecule has 1 aromatic heterocycles. The number of aromatic nitrogens is 2. The molecule has 0 aliphatic heterocycles. The molecular formula is C13H10Cl2N2O3. The van der Waals surface area contributed by atoms with E-state index < -0.39 is 12.6 Å². The summed E-state index contributed by atoms with van der Waals surface area (Å²) in [6.07, 6.45) is 0. The van der Waals surface area contributed by atoms with Gasteiger partial charge < -0.3 is 9.84 Å². The summed E-state index contributed by atoms with van der Waals surface area (Å²) in [6.45, 7) is 1.41. The molecule has 0 saturated heterocycles. The van der Waals surface area contributed by atoms with E-state index in [9.17, 15) is 4.79 Å². The lowest BCUT2D eigenvalue weighted by Gasteiger charge is -2.08. The molecule has 2 aromatic rings. The van der Waals surface area contributed by atoms with Gasteiger partial charge in [0.25, 0.3) is 0 Å². The Bertz CT molecular complexity index is 662. The van der Waals surface area contributed by atoms with Crippen molar-refractivity contribution in [3.8, 4) is 17.0 Å². The second-order valence-electron chi connectivity index (χ2n) is 4.03. The molecule has 7 heteroatoms. The molecule has 20 heavy (non-hydrogen) atoms. The Labute approximate surface area is 125 Å². The van der Waals surface area contributed by atoms with Gasteiger partial charge in [0.1, 0.15) is 5.75 Å². The Morgan fingerprint density at radius 3 is 2.65 bits per heavy atom. The van der Waals surface area contributed by atoms with Gasteiger partial charge in [0, 0.05) is 5.56 Å². The number of carboxylic acids is 1. The lowest BCUT2D eigenvalue weighted by Crippen LogP contribution is -2.09. The molecule has 1 heterocycles. The van der Waals surface area contributed by atoms with Crippen molar-refractivity contribution >= 4 is 29.2 Å². The summed E-state index contributed by atoms with van der Waals surface area (Å²) in [7, 11) is 0. The van der Waals surface area contributed by atoms with E-state index in [1.165, 1.54) is 0 Å². The molecule has 0 spiro atoms. The first-order chi connectivity index (χ1) is 9.47. The van der Waals surface area contributed by atoms with E-state index in [1.54, 1.807) is 24.3 Å². The standard InChI is InChI=1S/C13H10Cl2N2O3/c1-7-4-11(15)16-17-13(7)8-2-3-10(9(14)5-8)20-6-12(18)19/h2-5H,6H2,1H3,(H,18,19). The summed E-state index contributed by atoms with van der Waals surface area (Å²) < 4.78 is 5.05. The Morgan fingerprint density at radius 2 is 2.05 bits per heavy atom. The van der Waals surface area contributed by atoms with Crippen LogP contribution in [0.4, 0.5) is 0 Å². The van der Waals surface area contributed by atoms with E-state index in [2.05, 4.69) is 10.2 Å². The molecule has 1 N–H and O–H groups in total. The predicted molar refractivity (Wildman–Crippen MR) is 75.4 cm³/mol. The topological polar surface area (TPSA) is 72.3 Å². The number of hydrogen-bond acceptors (Lipinski definition) is 4. The molecular weight excluding hydrogens is 303 g/mol. The van der Waals surface area contributed by atoms with Crippen LogP contribution in [0.2, 0.25) is 10.2 Å². The number of ether oxygens (including phenoxy) is 1. The number of hydrogen-bond donors (Lipinski definition) is 1. The third-order valence-electron chi connectivity index (χ3n) is 2.51. The summed E-state index contributed by atoms with van der Waals surface area (Å²) in [6, 6.07) is 6.67. The molecule has 0 radical (unpaired) electrons. The van der Waals surface area contributed by atoms with Crippen molar-refractivity contribution in [1.82, 2.24) is 10.2 Å².